The summed E-state index contributed by atoms with van der Waals surface area (Å²) in [4.78, 5) is 20.6. The predicted molar refractivity (Wildman–Crippen MR) is 98.2 cm³/mol. The maximum atomic E-state index is 12.7. The van der Waals surface area contributed by atoms with E-state index in [1.807, 2.05) is 4.52 Å². The van der Waals surface area contributed by atoms with Crippen LogP contribution in [0.4, 0.5) is 0 Å². The van der Waals surface area contributed by atoms with Crippen LogP contribution in [-0.2, 0) is 5.41 Å². The minimum atomic E-state index is -0.0439. The molecule has 2 aromatic rings. The van der Waals surface area contributed by atoms with Crippen LogP contribution in [0.5, 0.6) is 0 Å². The molecule has 2 atom stereocenters. The third kappa shape index (κ3) is 2.05. The Labute approximate surface area is 152 Å². The van der Waals surface area contributed by atoms with Gasteiger partial charge in [0.25, 0.3) is 5.56 Å². The predicted octanol–water partition coefficient (Wildman–Crippen LogP) is 2.21. The van der Waals surface area contributed by atoms with Crippen molar-refractivity contribution in [1.82, 2.24) is 24.9 Å². The summed E-state index contributed by atoms with van der Waals surface area (Å²) < 4.78 is 1.92. The Morgan fingerprint density at radius 1 is 1.12 bits per heavy atom. The zero-order chi connectivity index (χ0) is 17.5. The lowest BCUT2D eigenvalue weighted by atomic mass is 9.49. The molecule has 1 aliphatic heterocycles. The van der Waals surface area contributed by atoms with Crippen LogP contribution in [0.25, 0.3) is 5.52 Å². The van der Waals surface area contributed by atoms with Crippen molar-refractivity contribution < 1.29 is 0 Å². The highest BCUT2D eigenvalue weighted by Gasteiger charge is 2.53. The molecule has 7 rings (SSSR count). The van der Waals surface area contributed by atoms with Crippen molar-refractivity contribution in [1.29, 1.82) is 0 Å². The van der Waals surface area contributed by atoms with Gasteiger partial charge < -0.3 is 10.3 Å². The van der Waals surface area contributed by atoms with E-state index >= 15 is 0 Å². The molecule has 26 heavy (non-hydrogen) atoms. The molecule has 1 saturated heterocycles. The van der Waals surface area contributed by atoms with Gasteiger partial charge in [-0.15, -0.1) is 0 Å². The fraction of sp³-hybridized carbons (Fsp3) is 0.750. The first kappa shape index (κ1) is 15.4. The van der Waals surface area contributed by atoms with Crippen LogP contribution < -0.4 is 10.9 Å². The van der Waals surface area contributed by atoms with Crippen LogP contribution in [0.1, 0.15) is 63.0 Å². The summed E-state index contributed by atoms with van der Waals surface area (Å²) in [7, 11) is 0. The van der Waals surface area contributed by atoms with E-state index in [0.717, 1.165) is 42.5 Å². The van der Waals surface area contributed by atoms with Gasteiger partial charge in [-0.25, -0.2) is 9.50 Å². The average molecular weight is 353 g/mol. The monoisotopic (exact) mass is 353 g/mol. The summed E-state index contributed by atoms with van der Waals surface area (Å²) >= 11 is 0. The van der Waals surface area contributed by atoms with Crippen molar-refractivity contribution in [2.75, 3.05) is 13.1 Å². The highest BCUT2D eigenvalue weighted by Crippen LogP contribution is 2.60. The summed E-state index contributed by atoms with van der Waals surface area (Å²) in [5, 5.41) is 8.36. The summed E-state index contributed by atoms with van der Waals surface area (Å²) in [5.41, 5.74) is 0.717. The van der Waals surface area contributed by atoms with Crippen molar-refractivity contribution >= 4 is 5.52 Å². The lowest BCUT2D eigenvalue weighted by Gasteiger charge is -2.56. The molecule has 0 radical (unpaired) electrons. The zero-order valence-corrected chi connectivity index (χ0v) is 15.4. The summed E-state index contributed by atoms with van der Waals surface area (Å²) in [6.45, 7) is 4.10. The number of nitrogens with zero attached hydrogens (tertiary/aromatic N) is 3. The van der Waals surface area contributed by atoms with Crippen LogP contribution >= 0.6 is 0 Å². The van der Waals surface area contributed by atoms with E-state index in [4.69, 9.17) is 10.1 Å². The summed E-state index contributed by atoms with van der Waals surface area (Å²) in [5.74, 6) is 5.22. The second-order valence-corrected chi connectivity index (χ2v) is 9.66. The Kier molecular flexibility index (Phi) is 3.07. The van der Waals surface area contributed by atoms with Gasteiger partial charge >= 0.3 is 0 Å². The Morgan fingerprint density at radius 2 is 1.81 bits per heavy atom. The zero-order valence-electron chi connectivity index (χ0n) is 15.4. The van der Waals surface area contributed by atoms with E-state index in [1.165, 1.54) is 38.5 Å². The molecule has 3 heterocycles. The number of hydrogen-bond acceptors (Lipinski definition) is 4. The van der Waals surface area contributed by atoms with Crippen molar-refractivity contribution in [3.05, 3.63) is 28.2 Å². The van der Waals surface area contributed by atoms with Gasteiger partial charge in [0.15, 0.2) is 5.52 Å². The van der Waals surface area contributed by atoms with Gasteiger partial charge in [0, 0.05) is 17.9 Å². The van der Waals surface area contributed by atoms with E-state index in [-0.39, 0.29) is 16.9 Å². The van der Waals surface area contributed by atoms with Crippen LogP contribution in [0.2, 0.25) is 0 Å². The first-order valence-electron chi connectivity index (χ1n) is 10.3. The van der Waals surface area contributed by atoms with Gasteiger partial charge in [0.2, 0.25) is 0 Å². The molecule has 0 amide bonds. The van der Waals surface area contributed by atoms with E-state index in [9.17, 15) is 4.79 Å². The molecule has 2 aromatic heterocycles. The topological polar surface area (TPSA) is 75.1 Å². The van der Waals surface area contributed by atoms with E-state index < -0.39 is 0 Å². The Bertz CT molecular complexity index is 893. The van der Waals surface area contributed by atoms with Gasteiger partial charge in [-0.05, 0) is 68.7 Å². The lowest BCUT2D eigenvalue weighted by molar-refractivity contribution is -0.0101. The second-order valence-electron chi connectivity index (χ2n) is 9.66. The summed E-state index contributed by atoms with van der Waals surface area (Å²) in [6.07, 6.45) is 9.70. The molecule has 4 aliphatic carbocycles. The first-order chi connectivity index (χ1) is 12.6. The standard InChI is InChI=1S/C20H27N5O/c1-11-8-21-9-15(11)17-23-18(26)16-10-22-19(25(16)24-17)20-5-12-2-13(6-20)4-14(3-12)7-20/h10-15,21H,2-9H2,1H3,(H,23,24,26). The number of fused-ring (bicyclic) bond motifs is 1. The number of H-pyrrole nitrogens is 1. The average Bonchev–Trinajstić information content (AvgIpc) is 3.20. The molecule has 5 fully saturated rings. The van der Waals surface area contributed by atoms with Crippen molar-refractivity contribution in [3.8, 4) is 0 Å². The third-order valence-corrected chi connectivity index (χ3v) is 7.80. The molecule has 5 aliphatic rings. The molecule has 6 nitrogen and oxygen atoms in total. The first-order valence-corrected chi connectivity index (χ1v) is 10.3. The normalized spacial score (nSPS) is 41.3. The molecular weight excluding hydrogens is 326 g/mol. The molecule has 138 valence electrons. The minimum absolute atomic E-state index is 0.0439. The van der Waals surface area contributed by atoms with Gasteiger partial charge in [-0.1, -0.05) is 6.92 Å². The molecule has 2 unspecified atom stereocenters. The lowest BCUT2D eigenvalue weighted by Crippen LogP contribution is -2.49. The third-order valence-electron chi connectivity index (χ3n) is 7.80. The molecular formula is C20H27N5O. The van der Waals surface area contributed by atoms with Gasteiger partial charge in [-0.3, -0.25) is 4.79 Å². The van der Waals surface area contributed by atoms with Gasteiger partial charge in [0.05, 0.1) is 6.20 Å². The minimum Gasteiger partial charge on any atom is -0.316 e. The SMILES string of the molecule is CC1CNCC1c1nn2c(C34CC5CC(CC(C5)C3)C4)ncc2c(=O)[nH]1. The van der Waals surface area contributed by atoms with Crippen LogP contribution in [0, 0.1) is 23.7 Å². The second kappa shape index (κ2) is 5.18. The number of imidazole rings is 1. The Balaban J connectivity index is 1.50. The fourth-order valence-corrected chi connectivity index (χ4v) is 7.00. The number of nitrogens with one attached hydrogen (secondary N) is 2. The number of rotatable bonds is 2. The van der Waals surface area contributed by atoms with E-state index in [1.54, 1.807) is 6.20 Å². The summed E-state index contributed by atoms with van der Waals surface area (Å²) in [6, 6.07) is 0. The smallest absolute Gasteiger partial charge is 0.276 e. The van der Waals surface area contributed by atoms with E-state index in [0.29, 0.717) is 11.4 Å². The van der Waals surface area contributed by atoms with Crippen LogP contribution in [-0.4, -0.2) is 32.7 Å². The highest BCUT2D eigenvalue weighted by atomic mass is 16.1. The van der Waals surface area contributed by atoms with Crippen molar-refractivity contribution in [2.24, 2.45) is 23.7 Å². The maximum absolute atomic E-state index is 12.7. The van der Waals surface area contributed by atoms with Crippen molar-refractivity contribution in [3.63, 3.8) is 0 Å². The Hall–Kier alpha value is -1.69. The molecule has 4 bridgehead atoms. The van der Waals surface area contributed by atoms with Gasteiger partial charge in [-0.2, -0.15) is 5.10 Å². The fourth-order valence-electron chi connectivity index (χ4n) is 7.00. The van der Waals surface area contributed by atoms with Gasteiger partial charge in [0.1, 0.15) is 11.6 Å². The molecule has 0 aromatic carbocycles. The number of aromatic amines is 1. The number of aromatic nitrogens is 4. The van der Waals surface area contributed by atoms with E-state index in [2.05, 4.69) is 17.2 Å². The Morgan fingerprint density at radius 3 is 2.42 bits per heavy atom. The largest absolute Gasteiger partial charge is 0.316 e. The quantitative estimate of drug-likeness (QED) is 0.868. The molecule has 6 heteroatoms. The maximum Gasteiger partial charge on any atom is 0.276 e. The number of hydrogen-bond donors (Lipinski definition) is 2. The molecule has 0 spiro atoms. The van der Waals surface area contributed by atoms with Crippen LogP contribution in [0.3, 0.4) is 0 Å². The highest BCUT2D eigenvalue weighted by molar-refractivity contribution is 5.44. The van der Waals surface area contributed by atoms with Crippen LogP contribution in [0.15, 0.2) is 11.0 Å². The molecule has 2 N–H and O–H groups in total. The van der Waals surface area contributed by atoms with Crippen molar-refractivity contribution in [2.45, 2.75) is 56.8 Å². The molecule has 4 saturated carbocycles.